The molecule has 5 nitrogen and oxygen atoms in total. The molecular formula is C16H24N2O3. The van der Waals surface area contributed by atoms with Crippen LogP contribution >= 0.6 is 0 Å². The lowest BCUT2D eigenvalue weighted by molar-refractivity contribution is -0.137. The van der Waals surface area contributed by atoms with Gasteiger partial charge in [0.1, 0.15) is 0 Å². The van der Waals surface area contributed by atoms with Gasteiger partial charge in [0.15, 0.2) is 0 Å². The average molecular weight is 292 g/mol. The van der Waals surface area contributed by atoms with Crippen LogP contribution in [-0.4, -0.2) is 41.5 Å². The third kappa shape index (κ3) is 6.40. The first kappa shape index (κ1) is 17.2. The molecule has 0 unspecified atom stereocenters. The monoisotopic (exact) mass is 292 g/mol. The van der Waals surface area contributed by atoms with Crippen LogP contribution in [0.3, 0.4) is 0 Å². The Balaban J connectivity index is 2.55. The minimum atomic E-state index is -0.849. The molecule has 0 radical (unpaired) electrons. The Kier molecular flexibility index (Phi) is 6.88. The second-order valence-electron chi connectivity index (χ2n) is 5.34. The topological polar surface area (TPSA) is 69.6 Å². The highest BCUT2D eigenvalue weighted by Gasteiger charge is 2.11. The van der Waals surface area contributed by atoms with Gasteiger partial charge in [-0.1, -0.05) is 32.9 Å². The van der Waals surface area contributed by atoms with Gasteiger partial charge in [0.2, 0.25) is 5.91 Å². The predicted molar refractivity (Wildman–Crippen MR) is 83.5 cm³/mol. The van der Waals surface area contributed by atoms with E-state index >= 15 is 0 Å². The summed E-state index contributed by atoms with van der Waals surface area (Å²) in [5.74, 6) is -0.564. The van der Waals surface area contributed by atoms with Crippen LogP contribution in [0.1, 0.15) is 38.7 Å². The molecule has 0 aliphatic carbocycles. The molecular weight excluding hydrogens is 268 g/mol. The van der Waals surface area contributed by atoms with Gasteiger partial charge in [-0.2, -0.15) is 0 Å². The molecule has 21 heavy (non-hydrogen) atoms. The summed E-state index contributed by atoms with van der Waals surface area (Å²) in [6.45, 7) is 7.35. The molecule has 1 aromatic rings. The number of benzene rings is 1. The zero-order valence-corrected chi connectivity index (χ0v) is 12.9. The number of likely N-dealkylation sites (N-methyl/N-ethyl adjacent to an activating group) is 1. The zero-order valence-electron chi connectivity index (χ0n) is 12.9. The number of aliphatic carboxylic acids is 1. The van der Waals surface area contributed by atoms with Crippen molar-refractivity contribution in [1.29, 1.82) is 0 Å². The van der Waals surface area contributed by atoms with Crippen LogP contribution in [0.5, 0.6) is 0 Å². The minimum absolute atomic E-state index is 0.0456. The van der Waals surface area contributed by atoms with Gasteiger partial charge in [-0.3, -0.25) is 14.5 Å². The first-order valence-electron chi connectivity index (χ1n) is 7.26. The largest absolute Gasteiger partial charge is 0.481 e. The van der Waals surface area contributed by atoms with E-state index in [1.807, 2.05) is 36.1 Å². The highest BCUT2D eigenvalue weighted by atomic mass is 16.4. The van der Waals surface area contributed by atoms with Crippen molar-refractivity contribution in [2.24, 2.45) is 0 Å². The van der Waals surface area contributed by atoms with Gasteiger partial charge in [0.25, 0.3) is 0 Å². The van der Waals surface area contributed by atoms with Gasteiger partial charge in [0, 0.05) is 12.2 Å². The highest BCUT2D eigenvalue weighted by Crippen LogP contribution is 2.18. The summed E-state index contributed by atoms with van der Waals surface area (Å²) in [4.78, 5) is 24.4. The van der Waals surface area contributed by atoms with Gasteiger partial charge in [-0.15, -0.1) is 0 Å². The van der Waals surface area contributed by atoms with Gasteiger partial charge < -0.3 is 10.4 Å². The number of carboxylic acids is 1. The molecule has 0 fully saturated rings. The fraction of sp³-hybridized carbons (Fsp3) is 0.500. The van der Waals surface area contributed by atoms with Gasteiger partial charge in [-0.25, -0.2) is 0 Å². The molecule has 1 aromatic carbocycles. The highest BCUT2D eigenvalue weighted by molar-refractivity contribution is 5.92. The number of nitrogens with one attached hydrogen (secondary N) is 1. The van der Waals surface area contributed by atoms with Gasteiger partial charge in [-0.05, 0) is 30.2 Å². The van der Waals surface area contributed by atoms with Crippen molar-refractivity contribution < 1.29 is 14.7 Å². The van der Waals surface area contributed by atoms with Crippen molar-refractivity contribution in [3.8, 4) is 0 Å². The van der Waals surface area contributed by atoms with E-state index in [2.05, 4.69) is 19.2 Å². The first-order chi connectivity index (χ1) is 9.92. The van der Waals surface area contributed by atoms with Crippen molar-refractivity contribution in [2.75, 3.05) is 25.0 Å². The Morgan fingerprint density at radius 2 is 2.05 bits per heavy atom. The molecule has 0 saturated carbocycles. The fourth-order valence-electron chi connectivity index (χ4n) is 1.98. The molecule has 0 saturated heterocycles. The van der Waals surface area contributed by atoms with E-state index in [0.29, 0.717) is 19.0 Å². The second-order valence-corrected chi connectivity index (χ2v) is 5.34. The third-order valence-corrected chi connectivity index (χ3v) is 3.29. The van der Waals surface area contributed by atoms with Crippen LogP contribution in [0.4, 0.5) is 5.69 Å². The van der Waals surface area contributed by atoms with Crippen molar-refractivity contribution in [3.05, 3.63) is 29.8 Å². The molecule has 0 aromatic heterocycles. The fourth-order valence-corrected chi connectivity index (χ4v) is 1.98. The molecule has 0 atom stereocenters. The van der Waals surface area contributed by atoms with E-state index < -0.39 is 5.97 Å². The molecule has 0 spiro atoms. The minimum Gasteiger partial charge on any atom is -0.481 e. The van der Waals surface area contributed by atoms with E-state index in [9.17, 15) is 9.59 Å². The number of amides is 1. The van der Waals surface area contributed by atoms with Crippen LogP contribution in [0.25, 0.3) is 0 Å². The predicted octanol–water partition coefficient (Wildman–Crippen LogP) is 2.55. The Morgan fingerprint density at radius 1 is 1.33 bits per heavy atom. The summed E-state index contributed by atoms with van der Waals surface area (Å²) in [6, 6.07) is 7.78. The Morgan fingerprint density at radius 3 is 2.62 bits per heavy atom. The maximum Gasteiger partial charge on any atom is 0.304 e. The van der Waals surface area contributed by atoms with E-state index in [-0.39, 0.29) is 18.9 Å². The number of anilines is 1. The summed E-state index contributed by atoms with van der Waals surface area (Å²) in [7, 11) is 0. The summed E-state index contributed by atoms with van der Waals surface area (Å²) < 4.78 is 0. The normalized spacial score (nSPS) is 10.9. The third-order valence-electron chi connectivity index (χ3n) is 3.29. The van der Waals surface area contributed by atoms with Crippen molar-refractivity contribution in [3.63, 3.8) is 0 Å². The Labute approximate surface area is 126 Å². The maximum absolute atomic E-state index is 12.0. The summed E-state index contributed by atoms with van der Waals surface area (Å²) in [6.07, 6.45) is 0.0456. The van der Waals surface area contributed by atoms with Crippen LogP contribution in [0, 0.1) is 0 Å². The summed E-state index contributed by atoms with van der Waals surface area (Å²) >= 11 is 0. The van der Waals surface area contributed by atoms with Crippen LogP contribution in [0.15, 0.2) is 24.3 Å². The lowest BCUT2D eigenvalue weighted by Crippen LogP contribution is -2.34. The first-order valence-corrected chi connectivity index (χ1v) is 7.26. The Hall–Kier alpha value is -1.88. The smallest absolute Gasteiger partial charge is 0.304 e. The summed E-state index contributed by atoms with van der Waals surface area (Å²) in [5.41, 5.74) is 1.95. The molecule has 0 bridgehead atoms. The number of carbonyl (C=O) groups excluding carboxylic acids is 1. The van der Waals surface area contributed by atoms with Crippen molar-refractivity contribution >= 4 is 17.6 Å². The standard InChI is InChI=1S/C16H24N2O3/c1-4-18(9-8-16(20)21)11-15(19)17-14-7-5-6-13(10-14)12(2)3/h5-7,10,12H,4,8-9,11H2,1-3H3,(H,17,19)(H,20,21). The summed E-state index contributed by atoms with van der Waals surface area (Å²) in [5, 5.41) is 11.5. The van der Waals surface area contributed by atoms with Crippen LogP contribution in [-0.2, 0) is 9.59 Å². The number of hydrogen-bond acceptors (Lipinski definition) is 3. The number of carboxylic acid groups (broad SMARTS) is 1. The lowest BCUT2D eigenvalue weighted by Gasteiger charge is -2.19. The van der Waals surface area contributed by atoms with Crippen LogP contribution in [0.2, 0.25) is 0 Å². The van der Waals surface area contributed by atoms with E-state index in [0.717, 1.165) is 5.69 Å². The van der Waals surface area contributed by atoms with Crippen LogP contribution < -0.4 is 5.32 Å². The number of hydrogen-bond donors (Lipinski definition) is 2. The molecule has 0 heterocycles. The number of rotatable bonds is 8. The molecule has 116 valence electrons. The molecule has 1 amide bonds. The molecule has 1 rings (SSSR count). The van der Waals surface area contributed by atoms with Crippen molar-refractivity contribution in [2.45, 2.75) is 33.1 Å². The SMILES string of the molecule is CCN(CCC(=O)O)CC(=O)Nc1cccc(C(C)C)c1. The Bertz CT molecular complexity index is 486. The maximum atomic E-state index is 12.0. The second kappa shape index (κ2) is 8.42. The number of nitrogens with zero attached hydrogens (tertiary/aromatic N) is 1. The van der Waals surface area contributed by atoms with E-state index in [4.69, 9.17) is 5.11 Å². The van der Waals surface area contributed by atoms with E-state index in [1.165, 1.54) is 5.56 Å². The van der Waals surface area contributed by atoms with Gasteiger partial charge in [0.05, 0.1) is 13.0 Å². The molecule has 0 aliphatic rings. The van der Waals surface area contributed by atoms with Crippen molar-refractivity contribution in [1.82, 2.24) is 4.90 Å². The number of carbonyl (C=O) groups is 2. The van der Waals surface area contributed by atoms with E-state index in [1.54, 1.807) is 0 Å². The molecule has 0 aliphatic heterocycles. The average Bonchev–Trinajstić information content (AvgIpc) is 2.43. The lowest BCUT2D eigenvalue weighted by atomic mass is 10.0. The molecule has 2 N–H and O–H groups in total. The quantitative estimate of drug-likeness (QED) is 0.772. The van der Waals surface area contributed by atoms with Gasteiger partial charge >= 0.3 is 5.97 Å². The zero-order chi connectivity index (χ0) is 15.8. The molecule has 5 heteroatoms.